The SMILES string of the molecule is NCCNC(=O)C(=O)N1CCN2C(=O)NCC2C1. The predicted molar refractivity (Wildman–Crippen MR) is 62.5 cm³/mol. The van der Waals surface area contributed by atoms with Crippen molar-refractivity contribution in [2.45, 2.75) is 6.04 Å². The standard InChI is InChI=1S/C10H17N5O3/c11-1-2-12-8(16)9(17)14-3-4-15-7(6-14)5-13-10(15)18/h7H,1-6,11H2,(H,12,16)(H,13,18). The molecule has 2 aliphatic heterocycles. The van der Waals surface area contributed by atoms with Crippen LogP contribution in [0.1, 0.15) is 0 Å². The van der Waals surface area contributed by atoms with Gasteiger partial charge in [-0.3, -0.25) is 9.59 Å². The van der Waals surface area contributed by atoms with Gasteiger partial charge in [0.15, 0.2) is 0 Å². The van der Waals surface area contributed by atoms with Crippen LogP contribution in [0.4, 0.5) is 4.79 Å². The van der Waals surface area contributed by atoms with E-state index < -0.39 is 11.8 Å². The number of carbonyl (C=O) groups is 3. The first kappa shape index (κ1) is 12.6. The third-order valence-corrected chi connectivity index (χ3v) is 3.14. The van der Waals surface area contributed by atoms with E-state index in [0.717, 1.165) is 0 Å². The number of hydrogen-bond donors (Lipinski definition) is 3. The number of urea groups is 1. The van der Waals surface area contributed by atoms with Crippen molar-refractivity contribution in [1.29, 1.82) is 0 Å². The molecule has 0 aromatic heterocycles. The zero-order chi connectivity index (χ0) is 13.1. The lowest BCUT2D eigenvalue weighted by molar-refractivity contribution is -0.147. The molecule has 2 saturated heterocycles. The Hall–Kier alpha value is -1.83. The summed E-state index contributed by atoms with van der Waals surface area (Å²) in [5.74, 6) is -1.19. The molecular weight excluding hydrogens is 238 g/mol. The van der Waals surface area contributed by atoms with E-state index in [-0.39, 0.29) is 18.6 Å². The number of nitrogens with zero attached hydrogens (tertiary/aromatic N) is 2. The molecule has 4 N–H and O–H groups in total. The van der Waals surface area contributed by atoms with Crippen molar-refractivity contribution in [3.05, 3.63) is 0 Å². The summed E-state index contributed by atoms with van der Waals surface area (Å²) in [6.45, 7) is 2.35. The average molecular weight is 255 g/mol. The highest BCUT2D eigenvalue weighted by Gasteiger charge is 2.38. The number of rotatable bonds is 2. The van der Waals surface area contributed by atoms with Crippen LogP contribution in [0.2, 0.25) is 0 Å². The van der Waals surface area contributed by atoms with Crippen LogP contribution in [0.25, 0.3) is 0 Å². The van der Waals surface area contributed by atoms with Crippen LogP contribution in [0.3, 0.4) is 0 Å². The molecule has 2 rings (SSSR count). The summed E-state index contributed by atoms with van der Waals surface area (Å²) >= 11 is 0. The Bertz CT molecular complexity index is 373. The first-order valence-electron chi connectivity index (χ1n) is 5.95. The van der Waals surface area contributed by atoms with E-state index in [1.54, 1.807) is 4.90 Å². The Balaban J connectivity index is 1.89. The molecule has 0 aromatic rings. The van der Waals surface area contributed by atoms with Gasteiger partial charge in [-0.25, -0.2) is 4.79 Å². The van der Waals surface area contributed by atoms with E-state index in [1.807, 2.05) is 0 Å². The average Bonchev–Trinajstić information content (AvgIpc) is 2.76. The van der Waals surface area contributed by atoms with Crippen molar-refractivity contribution in [2.75, 3.05) is 39.3 Å². The lowest BCUT2D eigenvalue weighted by Crippen LogP contribution is -2.56. The van der Waals surface area contributed by atoms with Crippen molar-refractivity contribution < 1.29 is 14.4 Å². The van der Waals surface area contributed by atoms with E-state index in [2.05, 4.69) is 10.6 Å². The van der Waals surface area contributed by atoms with Crippen LogP contribution < -0.4 is 16.4 Å². The van der Waals surface area contributed by atoms with E-state index in [1.165, 1.54) is 4.90 Å². The van der Waals surface area contributed by atoms with Gasteiger partial charge in [0, 0.05) is 39.3 Å². The molecule has 0 bridgehead atoms. The Kier molecular flexibility index (Phi) is 3.66. The van der Waals surface area contributed by atoms with Gasteiger partial charge >= 0.3 is 17.8 Å². The molecule has 2 aliphatic rings. The second kappa shape index (κ2) is 5.21. The van der Waals surface area contributed by atoms with Crippen molar-refractivity contribution in [2.24, 2.45) is 5.73 Å². The van der Waals surface area contributed by atoms with Crippen LogP contribution in [-0.4, -0.2) is 73.0 Å². The molecule has 8 nitrogen and oxygen atoms in total. The van der Waals surface area contributed by atoms with Crippen LogP contribution in [0.15, 0.2) is 0 Å². The number of carbonyl (C=O) groups excluding carboxylic acids is 3. The fourth-order valence-corrected chi connectivity index (χ4v) is 2.19. The number of hydrogen-bond acceptors (Lipinski definition) is 4. The quantitative estimate of drug-likeness (QED) is 0.466. The normalized spacial score (nSPS) is 22.5. The van der Waals surface area contributed by atoms with E-state index in [4.69, 9.17) is 5.73 Å². The summed E-state index contributed by atoms with van der Waals surface area (Å²) in [5, 5.41) is 5.16. The van der Waals surface area contributed by atoms with Gasteiger partial charge in [-0.1, -0.05) is 0 Å². The van der Waals surface area contributed by atoms with E-state index in [0.29, 0.717) is 32.7 Å². The summed E-state index contributed by atoms with van der Waals surface area (Å²) in [4.78, 5) is 37.9. The van der Waals surface area contributed by atoms with Gasteiger partial charge < -0.3 is 26.2 Å². The first-order chi connectivity index (χ1) is 8.63. The van der Waals surface area contributed by atoms with E-state index in [9.17, 15) is 14.4 Å². The Morgan fingerprint density at radius 1 is 1.44 bits per heavy atom. The highest BCUT2D eigenvalue weighted by atomic mass is 16.2. The molecule has 1 atom stereocenters. The van der Waals surface area contributed by atoms with Crippen molar-refractivity contribution >= 4 is 17.8 Å². The Morgan fingerprint density at radius 2 is 2.22 bits per heavy atom. The molecule has 100 valence electrons. The minimum atomic E-state index is -0.633. The molecule has 4 amide bonds. The van der Waals surface area contributed by atoms with Crippen LogP contribution in [0, 0.1) is 0 Å². The van der Waals surface area contributed by atoms with Crippen LogP contribution in [0.5, 0.6) is 0 Å². The molecular formula is C10H17N5O3. The molecule has 0 aliphatic carbocycles. The van der Waals surface area contributed by atoms with Gasteiger partial charge in [-0.05, 0) is 0 Å². The smallest absolute Gasteiger partial charge is 0.317 e. The van der Waals surface area contributed by atoms with Crippen molar-refractivity contribution in [3.63, 3.8) is 0 Å². The monoisotopic (exact) mass is 255 g/mol. The van der Waals surface area contributed by atoms with Gasteiger partial charge in [0.05, 0.1) is 6.04 Å². The lowest BCUT2D eigenvalue weighted by atomic mass is 10.2. The lowest BCUT2D eigenvalue weighted by Gasteiger charge is -2.35. The number of fused-ring (bicyclic) bond motifs is 1. The maximum Gasteiger partial charge on any atom is 0.317 e. The van der Waals surface area contributed by atoms with Crippen molar-refractivity contribution in [3.8, 4) is 0 Å². The minimum absolute atomic E-state index is 0.0301. The second-order valence-corrected chi connectivity index (χ2v) is 4.33. The fourth-order valence-electron chi connectivity index (χ4n) is 2.19. The zero-order valence-corrected chi connectivity index (χ0v) is 10.0. The van der Waals surface area contributed by atoms with Gasteiger partial charge in [0.1, 0.15) is 0 Å². The number of piperazine rings is 1. The van der Waals surface area contributed by atoms with Crippen molar-refractivity contribution in [1.82, 2.24) is 20.4 Å². The highest BCUT2D eigenvalue weighted by molar-refractivity contribution is 6.35. The summed E-state index contributed by atoms with van der Waals surface area (Å²) in [5.41, 5.74) is 5.25. The summed E-state index contributed by atoms with van der Waals surface area (Å²) in [6.07, 6.45) is 0. The Morgan fingerprint density at radius 3 is 2.94 bits per heavy atom. The molecule has 0 radical (unpaired) electrons. The predicted octanol–water partition coefficient (Wildman–Crippen LogP) is -2.70. The van der Waals surface area contributed by atoms with Crippen LogP contribution >= 0.6 is 0 Å². The summed E-state index contributed by atoms with van der Waals surface area (Å²) in [7, 11) is 0. The molecule has 2 fully saturated rings. The summed E-state index contributed by atoms with van der Waals surface area (Å²) < 4.78 is 0. The number of amides is 4. The van der Waals surface area contributed by atoms with Crippen LogP contribution in [-0.2, 0) is 9.59 Å². The number of nitrogens with two attached hydrogens (primary N) is 1. The largest absolute Gasteiger partial charge is 0.347 e. The minimum Gasteiger partial charge on any atom is -0.347 e. The van der Waals surface area contributed by atoms with Gasteiger partial charge in [-0.15, -0.1) is 0 Å². The first-order valence-corrected chi connectivity index (χ1v) is 5.95. The highest BCUT2D eigenvalue weighted by Crippen LogP contribution is 2.14. The zero-order valence-electron chi connectivity index (χ0n) is 10.0. The Labute approximate surface area is 104 Å². The fraction of sp³-hybridized carbons (Fsp3) is 0.700. The number of nitrogens with one attached hydrogen (secondary N) is 2. The summed E-state index contributed by atoms with van der Waals surface area (Å²) in [6, 6.07) is -0.128. The molecule has 0 aromatic carbocycles. The van der Waals surface area contributed by atoms with E-state index >= 15 is 0 Å². The topological polar surface area (TPSA) is 108 Å². The molecule has 1 unspecified atom stereocenters. The van der Waals surface area contributed by atoms with Gasteiger partial charge in [0.25, 0.3) is 0 Å². The van der Waals surface area contributed by atoms with Gasteiger partial charge in [0.2, 0.25) is 0 Å². The van der Waals surface area contributed by atoms with Gasteiger partial charge in [-0.2, -0.15) is 0 Å². The molecule has 8 heteroatoms. The molecule has 0 saturated carbocycles. The molecule has 0 spiro atoms. The maximum absolute atomic E-state index is 11.8. The second-order valence-electron chi connectivity index (χ2n) is 4.33. The maximum atomic E-state index is 11.8. The molecule has 18 heavy (non-hydrogen) atoms. The third kappa shape index (κ3) is 2.37. The molecule has 2 heterocycles. The third-order valence-electron chi connectivity index (χ3n) is 3.14.